The van der Waals surface area contributed by atoms with Gasteiger partial charge in [-0.3, -0.25) is 9.59 Å². The average molecular weight is 549 g/mol. The van der Waals surface area contributed by atoms with Crippen molar-refractivity contribution in [2.24, 2.45) is 0 Å². The molecule has 2 heteroatoms. The Bertz CT molecular complexity index is 2600. The van der Waals surface area contributed by atoms with E-state index in [1.54, 1.807) is 25.1 Å². The van der Waals surface area contributed by atoms with Crippen LogP contribution in [0.5, 0.6) is 0 Å². The lowest BCUT2D eigenvalue weighted by molar-refractivity contribution is 0.0992. The first kappa shape index (κ1) is 24.0. The van der Waals surface area contributed by atoms with Crippen LogP contribution in [0.3, 0.4) is 0 Å². The molecule has 0 unspecified atom stereocenters. The maximum atomic E-state index is 13.5. The highest BCUT2D eigenvalue weighted by Crippen LogP contribution is 2.37. The molecule has 0 bridgehead atoms. The molecule has 1 aliphatic rings. The van der Waals surface area contributed by atoms with Crippen molar-refractivity contribution in [2.75, 3.05) is 0 Å². The zero-order valence-corrected chi connectivity index (χ0v) is 23.4. The second-order valence-corrected chi connectivity index (χ2v) is 11.7. The van der Waals surface area contributed by atoms with Crippen molar-refractivity contribution in [1.29, 1.82) is 0 Å². The number of rotatable bonds is 1. The zero-order valence-electron chi connectivity index (χ0n) is 23.4. The lowest BCUT2D eigenvalue weighted by atomic mass is 9.81. The van der Waals surface area contributed by atoms with Crippen LogP contribution in [0.25, 0.3) is 70.2 Å². The minimum absolute atomic E-state index is 0.0801. The molecular weight excluding hydrogens is 524 g/mol. The highest BCUT2D eigenvalue weighted by molar-refractivity contribution is 6.40. The van der Waals surface area contributed by atoms with E-state index in [4.69, 9.17) is 0 Å². The van der Waals surface area contributed by atoms with Gasteiger partial charge in [0, 0.05) is 22.3 Å². The summed E-state index contributed by atoms with van der Waals surface area (Å²) in [5.74, 6) is -0.172. The first-order valence-corrected chi connectivity index (χ1v) is 14.6. The summed E-state index contributed by atoms with van der Waals surface area (Å²) in [4.78, 5) is 26.6. The fraction of sp³-hybridized carbons (Fsp3) is 0.0244. The zero-order chi connectivity index (χ0) is 28.8. The maximum Gasteiger partial charge on any atom is 0.194 e. The first-order valence-electron chi connectivity index (χ1n) is 14.6. The van der Waals surface area contributed by atoms with E-state index in [9.17, 15) is 9.59 Å². The molecular formula is C41H24O2. The Morgan fingerprint density at radius 1 is 0.372 bits per heavy atom. The quantitative estimate of drug-likeness (QED) is 0.151. The molecule has 0 N–H and O–H groups in total. The molecule has 0 atom stereocenters. The van der Waals surface area contributed by atoms with Gasteiger partial charge < -0.3 is 0 Å². The SMILES string of the molecule is CC1=C(c2ccc3cc4cc5c(ccc6cc7cc8ccccc8cc7cc65)cc4cc3c2)C(=O)c2ccccc2C1=O. The summed E-state index contributed by atoms with van der Waals surface area (Å²) in [5, 5.41) is 14.4. The Morgan fingerprint density at radius 3 is 1.40 bits per heavy atom. The molecule has 8 aromatic carbocycles. The maximum absolute atomic E-state index is 13.5. The molecule has 0 spiro atoms. The van der Waals surface area contributed by atoms with E-state index in [1.165, 1.54) is 48.5 Å². The molecule has 0 heterocycles. The van der Waals surface area contributed by atoms with E-state index in [-0.39, 0.29) is 11.6 Å². The second kappa shape index (κ2) is 8.70. The number of fused-ring (bicyclic) bond motifs is 8. The molecule has 1 aliphatic carbocycles. The Hall–Kier alpha value is -5.60. The van der Waals surface area contributed by atoms with Gasteiger partial charge in [0.25, 0.3) is 0 Å². The van der Waals surface area contributed by atoms with Gasteiger partial charge in [0.05, 0.1) is 0 Å². The number of carbonyl (C=O) groups is 2. The Kier molecular flexibility index (Phi) is 4.87. The van der Waals surface area contributed by atoms with E-state index in [0.29, 0.717) is 22.3 Å². The number of carbonyl (C=O) groups excluding carboxylic acids is 2. The summed E-state index contributed by atoms with van der Waals surface area (Å²) in [5.41, 5.74) is 2.74. The summed E-state index contributed by atoms with van der Waals surface area (Å²) >= 11 is 0. The predicted octanol–water partition coefficient (Wildman–Crippen LogP) is 10.5. The molecule has 0 radical (unpaired) electrons. The van der Waals surface area contributed by atoms with Gasteiger partial charge in [0.1, 0.15) is 0 Å². The van der Waals surface area contributed by atoms with Gasteiger partial charge in [-0.25, -0.2) is 0 Å². The molecule has 43 heavy (non-hydrogen) atoms. The third-order valence-electron chi connectivity index (χ3n) is 9.22. The topological polar surface area (TPSA) is 34.1 Å². The smallest absolute Gasteiger partial charge is 0.194 e. The molecule has 0 amide bonds. The molecule has 9 rings (SSSR count). The molecule has 0 fully saturated rings. The molecule has 200 valence electrons. The minimum atomic E-state index is -0.0915. The number of benzene rings is 8. The number of allylic oxidation sites excluding steroid dienone is 2. The van der Waals surface area contributed by atoms with Crippen molar-refractivity contribution < 1.29 is 9.59 Å². The minimum Gasteiger partial charge on any atom is -0.289 e. The average Bonchev–Trinajstić information content (AvgIpc) is 3.03. The highest BCUT2D eigenvalue weighted by Gasteiger charge is 2.30. The van der Waals surface area contributed by atoms with Crippen LogP contribution >= 0.6 is 0 Å². The number of ketones is 2. The lowest BCUT2D eigenvalue weighted by Gasteiger charge is -2.19. The molecule has 8 aromatic rings. The summed E-state index contributed by atoms with van der Waals surface area (Å²) in [6.45, 7) is 1.76. The molecule has 0 aliphatic heterocycles. The van der Waals surface area contributed by atoms with E-state index >= 15 is 0 Å². The van der Waals surface area contributed by atoms with Crippen LogP contribution in [0, 0.1) is 0 Å². The van der Waals surface area contributed by atoms with Crippen LogP contribution in [-0.4, -0.2) is 11.6 Å². The van der Waals surface area contributed by atoms with Crippen LogP contribution < -0.4 is 0 Å². The second-order valence-electron chi connectivity index (χ2n) is 11.7. The third kappa shape index (κ3) is 3.53. The van der Waals surface area contributed by atoms with Crippen LogP contribution in [0.1, 0.15) is 33.2 Å². The first-order chi connectivity index (χ1) is 21.0. The normalized spacial score (nSPS) is 13.7. The largest absolute Gasteiger partial charge is 0.289 e. The Morgan fingerprint density at radius 2 is 0.791 bits per heavy atom. The van der Waals surface area contributed by atoms with Crippen LogP contribution in [0.15, 0.2) is 133 Å². The summed E-state index contributed by atoms with van der Waals surface area (Å²) in [7, 11) is 0. The van der Waals surface area contributed by atoms with Crippen molar-refractivity contribution in [3.05, 3.63) is 150 Å². The van der Waals surface area contributed by atoms with E-state index < -0.39 is 0 Å². The van der Waals surface area contributed by atoms with Crippen molar-refractivity contribution in [3.8, 4) is 0 Å². The fourth-order valence-electron chi connectivity index (χ4n) is 7.00. The van der Waals surface area contributed by atoms with E-state index in [0.717, 1.165) is 21.7 Å². The summed E-state index contributed by atoms with van der Waals surface area (Å²) < 4.78 is 0. The van der Waals surface area contributed by atoms with Crippen LogP contribution in [-0.2, 0) is 0 Å². The molecule has 0 saturated carbocycles. The van der Waals surface area contributed by atoms with Gasteiger partial charge in [-0.2, -0.15) is 0 Å². The van der Waals surface area contributed by atoms with Crippen molar-refractivity contribution >= 4 is 81.8 Å². The molecule has 0 saturated heterocycles. The number of hydrogen-bond acceptors (Lipinski definition) is 2. The summed E-state index contributed by atoms with van der Waals surface area (Å²) in [6, 6.07) is 44.3. The lowest BCUT2D eigenvalue weighted by Crippen LogP contribution is -2.20. The fourth-order valence-corrected chi connectivity index (χ4v) is 7.00. The highest BCUT2D eigenvalue weighted by atomic mass is 16.1. The Balaban J connectivity index is 1.21. The standard InChI is InChI=1S/C41H24O2/c1-23-39(41(43)36-9-5-4-8-35(36)40(23)42)29-13-10-26-16-34-22-38-28(18-32(34)20-30(26)19-29)12-11-27-17-31-14-24-6-2-3-7-25(24)15-33(31)21-37(27)38/h2-22H,1H3. The van der Waals surface area contributed by atoms with Gasteiger partial charge in [-0.1, -0.05) is 72.8 Å². The monoisotopic (exact) mass is 548 g/mol. The van der Waals surface area contributed by atoms with Gasteiger partial charge in [0.15, 0.2) is 11.6 Å². The van der Waals surface area contributed by atoms with Crippen LogP contribution in [0.2, 0.25) is 0 Å². The van der Waals surface area contributed by atoms with Crippen molar-refractivity contribution in [1.82, 2.24) is 0 Å². The molecule has 2 nitrogen and oxygen atoms in total. The Labute approximate surface area is 247 Å². The van der Waals surface area contributed by atoms with Crippen molar-refractivity contribution in [2.45, 2.75) is 6.92 Å². The number of hydrogen-bond donors (Lipinski definition) is 0. The summed E-state index contributed by atoms with van der Waals surface area (Å²) in [6.07, 6.45) is 0. The number of Topliss-reactive ketones (excluding diaryl/α,β-unsaturated/α-hetero) is 2. The van der Waals surface area contributed by atoms with Gasteiger partial charge in [-0.15, -0.1) is 0 Å². The van der Waals surface area contributed by atoms with Crippen molar-refractivity contribution in [3.63, 3.8) is 0 Å². The third-order valence-corrected chi connectivity index (χ3v) is 9.22. The van der Waals surface area contributed by atoms with Gasteiger partial charge in [-0.05, 0) is 132 Å². The van der Waals surface area contributed by atoms with Gasteiger partial charge >= 0.3 is 0 Å². The van der Waals surface area contributed by atoms with Crippen LogP contribution in [0.4, 0.5) is 0 Å². The molecule has 0 aromatic heterocycles. The van der Waals surface area contributed by atoms with E-state index in [2.05, 4.69) is 91.0 Å². The van der Waals surface area contributed by atoms with Gasteiger partial charge in [0.2, 0.25) is 0 Å². The predicted molar refractivity (Wildman–Crippen MR) is 179 cm³/mol. The van der Waals surface area contributed by atoms with E-state index in [1.807, 2.05) is 18.2 Å².